The molecule has 0 spiro atoms. The van der Waals surface area contributed by atoms with Crippen molar-refractivity contribution in [1.82, 2.24) is 29.6 Å². The number of nitrogens with two attached hydrogens (primary N) is 1. The highest BCUT2D eigenvalue weighted by molar-refractivity contribution is 7.84. The maximum atomic E-state index is 13.3. The zero-order chi connectivity index (χ0) is 30.9. The molecular formula is C24H27N9O8S2. The molecule has 228 valence electrons. The third-order valence-corrected chi connectivity index (χ3v) is 8.56. The van der Waals surface area contributed by atoms with E-state index in [0.717, 1.165) is 21.7 Å². The van der Waals surface area contributed by atoms with Crippen molar-refractivity contribution in [2.45, 2.75) is 50.5 Å². The normalized spacial score (nSPS) is 19.6. The van der Waals surface area contributed by atoms with Crippen molar-refractivity contribution in [1.29, 1.82) is 0 Å². The molecule has 0 unspecified atom stereocenters. The lowest BCUT2D eigenvalue weighted by Crippen LogP contribution is -2.64. The molecule has 3 aromatic rings. The molecule has 2 atom stereocenters. The number of aryl methyl sites for hydroxylation is 1. The molecule has 2 fully saturated rings. The van der Waals surface area contributed by atoms with Crippen LogP contribution >= 0.6 is 11.3 Å². The van der Waals surface area contributed by atoms with E-state index in [1.54, 1.807) is 0 Å². The Kier molecular flexibility index (Phi) is 8.23. The van der Waals surface area contributed by atoms with E-state index in [9.17, 15) is 32.5 Å². The SMILES string of the molecule is C[n+]1cccc(CNCc2cnn(C[C@@H]3[C@H](CC(=O)/C(=N\OC4(C(=O)O)CC4)c4csc(N)n4)C(=O)N3S(=O)(=O)[O-])n2)c1. The Morgan fingerprint density at radius 3 is 2.77 bits per heavy atom. The van der Waals surface area contributed by atoms with Crippen LogP contribution in [-0.2, 0) is 56.2 Å². The number of carbonyl (C=O) groups excluding carboxylic acids is 2. The molecule has 1 amide bonds. The maximum absolute atomic E-state index is 13.3. The van der Waals surface area contributed by atoms with Gasteiger partial charge in [0.2, 0.25) is 11.5 Å². The standard InChI is InChI=1S/C24H27N9O8S2/c1-31-6-2-3-14(11-31)8-26-9-15-10-27-32(29-15)12-18-16(21(35)33(18)43(38,39)40)7-19(34)20(17-13-42-23(25)28-17)30-41-24(4-5-24)22(36)37/h2-3,6,10-11,13,16,18,26H,4-5,7-9,12H2,1H3,(H3-,25,28,36,37,38,39,40)/b30-20-/t16-,18+/m0/s1. The second kappa shape index (κ2) is 11.7. The average Bonchev–Trinajstić information content (AvgIpc) is 3.40. The highest BCUT2D eigenvalue weighted by Crippen LogP contribution is 2.40. The zero-order valence-corrected chi connectivity index (χ0v) is 24.3. The van der Waals surface area contributed by atoms with Gasteiger partial charge in [-0.2, -0.15) is 15.0 Å². The number of Topliss-reactive ketones (excluding diaryl/α,β-unsaturated/α-hetero) is 1. The van der Waals surface area contributed by atoms with Crippen LogP contribution in [0.15, 0.2) is 41.3 Å². The maximum Gasteiger partial charge on any atom is 0.350 e. The topological polar surface area (TPSA) is 239 Å². The van der Waals surface area contributed by atoms with E-state index in [2.05, 4.69) is 25.7 Å². The van der Waals surface area contributed by atoms with Crippen LogP contribution < -0.4 is 15.6 Å². The summed E-state index contributed by atoms with van der Waals surface area (Å²) in [6.45, 7) is 0.605. The summed E-state index contributed by atoms with van der Waals surface area (Å²) >= 11 is 0.998. The Hall–Kier alpha value is -4.33. The number of nitrogens with zero attached hydrogens (tertiary/aromatic N) is 7. The first-order valence-electron chi connectivity index (χ1n) is 12.9. The number of hydrogen-bond donors (Lipinski definition) is 3. The van der Waals surface area contributed by atoms with Gasteiger partial charge in [0.15, 0.2) is 39.3 Å². The van der Waals surface area contributed by atoms with Crippen LogP contribution in [0.5, 0.6) is 0 Å². The summed E-state index contributed by atoms with van der Waals surface area (Å²) in [6.07, 6.45) is 5.12. The van der Waals surface area contributed by atoms with Gasteiger partial charge in [0.1, 0.15) is 12.7 Å². The van der Waals surface area contributed by atoms with Crippen molar-refractivity contribution in [2.24, 2.45) is 18.1 Å². The first kappa shape index (κ1) is 30.1. The molecule has 1 aliphatic carbocycles. The number of aliphatic carboxylic acids is 1. The lowest BCUT2D eigenvalue weighted by atomic mass is 9.84. The van der Waals surface area contributed by atoms with E-state index in [-0.39, 0.29) is 40.2 Å². The number of β-lactam (4-membered cyclic amide) rings is 1. The van der Waals surface area contributed by atoms with Gasteiger partial charge in [-0.3, -0.25) is 9.59 Å². The third kappa shape index (κ3) is 6.69. The number of carboxylic acids is 1. The minimum atomic E-state index is -5.20. The molecule has 5 rings (SSSR count). The van der Waals surface area contributed by atoms with Gasteiger partial charge in [-0.25, -0.2) is 27.1 Å². The van der Waals surface area contributed by atoms with Gasteiger partial charge in [-0.05, 0) is 6.07 Å². The second-order valence-electron chi connectivity index (χ2n) is 10.2. The summed E-state index contributed by atoms with van der Waals surface area (Å²) in [5.41, 5.74) is 5.30. The third-order valence-electron chi connectivity index (χ3n) is 6.95. The Bertz CT molecular complexity index is 1700. The molecule has 1 saturated carbocycles. The van der Waals surface area contributed by atoms with Crippen LogP contribution in [0.2, 0.25) is 0 Å². The molecule has 43 heavy (non-hydrogen) atoms. The van der Waals surface area contributed by atoms with Crippen LogP contribution in [0.4, 0.5) is 5.13 Å². The van der Waals surface area contributed by atoms with Crippen molar-refractivity contribution in [2.75, 3.05) is 5.73 Å². The largest absolute Gasteiger partial charge is 0.731 e. The number of rotatable bonds is 14. The lowest BCUT2D eigenvalue weighted by Gasteiger charge is -2.46. The molecule has 2 aliphatic rings. The molecule has 4 heterocycles. The van der Waals surface area contributed by atoms with Crippen LogP contribution in [0, 0.1) is 5.92 Å². The van der Waals surface area contributed by atoms with Crippen molar-refractivity contribution in [3.63, 3.8) is 0 Å². The van der Waals surface area contributed by atoms with E-state index >= 15 is 0 Å². The van der Waals surface area contributed by atoms with E-state index < -0.39 is 51.9 Å². The van der Waals surface area contributed by atoms with Crippen molar-refractivity contribution >= 4 is 50.1 Å². The first-order chi connectivity index (χ1) is 20.4. The number of ketones is 1. The van der Waals surface area contributed by atoms with E-state index in [1.807, 2.05) is 36.1 Å². The molecule has 19 heteroatoms. The van der Waals surface area contributed by atoms with Crippen LogP contribution in [0.25, 0.3) is 0 Å². The van der Waals surface area contributed by atoms with Crippen LogP contribution in [-0.4, -0.2) is 77.4 Å². The highest BCUT2D eigenvalue weighted by atomic mass is 32.2. The fourth-order valence-corrected chi connectivity index (χ4v) is 6.01. The second-order valence-corrected chi connectivity index (χ2v) is 12.3. The Morgan fingerprint density at radius 2 is 2.14 bits per heavy atom. The van der Waals surface area contributed by atoms with Gasteiger partial charge >= 0.3 is 5.97 Å². The molecule has 0 aromatic carbocycles. The smallest absolute Gasteiger partial charge is 0.350 e. The number of nitrogen functional groups attached to an aromatic ring is 1. The highest BCUT2D eigenvalue weighted by Gasteiger charge is 2.55. The molecule has 0 radical (unpaired) electrons. The molecular weight excluding hydrogens is 606 g/mol. The Morgan fingerprint density at radius 1 is 1.37 bits per heavy atom. The van der Waals surface area contributed by atoms with Gasteiger partial charge < -0.3 is 25.5 Å². The average molecular weight is 634 g/mol. The summed E-state index contributed by atoms with van der Waals surface area (Å²) < 4.78 is 37.7. The van der Waals surface area contributed by atoms with Crippen molar-refractivity contribution < 1.29 is 41.9 Å². The Labute approximate surface area is 248 Å². The summed E-state index contributed by atoms with van der Waals surface area (Å²) in [5.74, 6) is -4.34. The van der Waals surface area contributed by atoms with E-state index in [1.165, 1.54) is 11.6 Å². The molecule has 0 bridgehead atoms. The van der Waals surface area contributed by atoms with Crippen LogP contribution in [0.3, 0.4) is 0 Å². The fraction of sp³-hybridized carbons (Fsp3) is 0.417. The zero-order valence-electron chi connectivity index (χ0n) is 22.7. The number of aromatic nitrogens is 5. The predicted molar refractivity (Wildman–Crippen MR) is 145 cm³/mol. The number of carboxylic acid groups (broad SMARTS) is 1. The lowest BCUT2D eigenvalue weighted by molar-refractivity contribution is -0.671. The molecule has 4 N–H and O–H groups in total. The quantitative estimate of drug-likeness (QED) is 0.0617. The number of amides is 1. The predicted octanol–water partition coefficient (Wildman–Crippen LogP) is -1.28. The van der Waals surface area contributed by atoms with Crippen molar-refractivity contribution in [3.8, 4) is 0 Å². The number of pyridine rings is 1. The molecule has 1 aliphatic heterocycles. The van der Waals surface area contributed by atoms with Gasteiger partial charge in [0, 0.05) is 49.4 Å². The fourth-order valence-electron chi connectivity index (χ4n) is 4.56. The van der Waals surface area contributed by atoms with E-state index in [0.29, 0.717) is 18.8 Å². The summed E-state index contributed by atoms with van der Waals surface area (Å²) in [7, 11) is -3.29. The van der Waals surface area contributed by atoms with Crippen molar-refractivity contribution in [3.05, 3.63) is 53.1 Å². The minimum Gasteiger partial charge on any atom is -0.731 e. The van der Waals surface area contributed by atoms with Gasteiger partial charge in [-0.15, -0.1) is 11.3 Å². The summed E-state index contributed by atoms with van der Waals surface area (Å²) in [5, 5.41) is 26.3. The Balaban J connectivity index is 1.29. The number of anilines is 1. The first-order valence-corrected chi connectivity index (χ1v) is 15.2. The number of carbonyl (C=O) groups is 3. The monoisotopic (exact) mass is 633 g/mol. The molecule has 17 nitrogen and oxygen atoms in total. The van der Waals surface area contributed by atoms with Gasteiger partial charge in [0.05, 0.1) is 30.4 Å². The minimum absolute atomic E-state index is 0.000422. The van der Waals surface area contributed by atoms with Gasteiger partial charge in [0.25, 0.3) is 0 Å². The number of nitrogens with one attached hydrogen (secondary N) is 1. The van der Waals surface area contributed by atoms with E-state index in [4.69, 9.17) is 10.6 Å². The van der Waals surface area contributed by atoms with Crippen LogP contribution in [0.1, 0.15) is 36.2 Å². The number of thiazole rings is 1. The number of hydrogen-bond acceptors (Lipinski definition) is 14. The summed E-state index contributed by atoms with van der Waals surface area (Å²) in [6, 6.07) is 2.62. The summed E-state index contributed by atoms with van der Waals surface area (Å²) in [4.78, 5) is 48.0. The van der Waals surface area contributed by atoms with Gasteiger partial charge in [-0.1, -0.05) is 5.16 Å². The number of oxime groups is 1. The molecule has 3 aromatic heterocycles. The molecule has 1 saturated heterocycles.